The molecule has 0 aliphatic rings. The second-order valence-electron chi connectivity index (χ2n) is 3.94. The minimum Gasteiger partial charge on any atom is -0.253 e. The number of aryl methyl sites for hydroxylation is 1. The summed E-state index contributed by atoms with van der Waals surface area (Å²) in [6.07, 6.45) is 0.965. The second kappa shape index (κ2) is 5.98. The molecular formula is C12H12N4O2S2. The largest absolute Gasteiger partial charge is 0.263 e. The zero-order valence-corrected chi connectivity index (χ0v) is 12.3. The highest BCUT2D eigenvalue weighted by Gasteiger charge is 2.16. The van der Waals surface area contributed by atoms with E-state index in [1.54, 1.807) is 12.1 Å². The fourth-order valence-corrected chi connectivity index (χ4v) is 3.40. The van der Waals surface area contributed by atoms with E-state index in [1.807, 2.05) is 13.0 Å². The number of hydrogen-bond donors (Lipinski definition) is 1. The van der Waals surface area contributed by atoms with Gasteiger partial charge in [0.2, 0.25) is 5.13 Å². The molecule has 2 rings (SSSR count). The highest BCUT2D eigenvalue weighted by atomic mass is 32.2. The molecule has 0 amide bonds. The van der Waals surface area contributed by atoms with Crippen LogP contribution in [0, 0.1) is 11.3 Å². The Balaban J connectivity index is 2.19. The molecule has 0 atom stereocenters. The van der Waals surface area contributed by atoms with Crippen molar-refractivity contribution in [1.82, 2.24) is 10.2 Å². The zero-order chi connectivity index (χ0) is 14.6. The number of nitrogens with zero attached hydrogens (tertiary/aromatic N) is 3. The third-order valence-corrected chi connectivity index (χ3v) is 4.97. The number of benzene rings is 1. The number of sulfonamides is 1. The van der Waals surface area contributed by atoms with Crippen LogP contribution in [0.25, 0.3) is 0 Å². The summed E-state index contributed by atoms with van der Waals surface area (Å²) in [5.74, 6) is 0. The third-order valence-electron chi connectivity index (χ3n) is 2.51. The van der Waals surface area contributed by atoms with Crippen LogP contribution in [-0.4, -0.2) is 18.6 Å². The fraction of sp³-hybridized carbons (Fsp3) is 0.250. The maximum atomic E-state index is 12.1. The molecule has 104 valence electrons. The lowest BCUT2D eigenvalue weighted by atomic mass is 10.2. The first-order valence-electron chi connectivity index (χ1n) is 5.86. The van der Waals surface area contributed by atoms with Crippen LogP contribution < -0.4 is 4.72 Å². The Hall–Kier alpha value is -1.98. The lowest BCUT2D eigenvalue weighted by Crippen LogP contribution is -2.12. The van der Waals surface area contributed by atoms with Gasteiger partial charge in [-0.2, -0.15) is 5.26 Å². The number of aromatic nitrogens is 2. The van der Waals surface area contributed by atoms with Crippen molar-refractivity contribution < 1.29 is 8.42 Å². The minimum absolute atomic E-state index is 0.132. The highest BCUT2D eigenvalue weighted by molar-refractivity contribution is 7.93. The van der Waals surface area contributed by atoms with Gasteiger partial charge in [0.15, 0.2) is 0 Å². The van der Waals surface area contributed by atoms with Crippen molar-refractivity contribution in [3.05, 3.63) is 34.8 Å². The molecule has 1 heterocycles. The summed E-state index contributed by atoms with van der Waals surface area (Å²) in [4.78, 5) is 0.132. The van der Waals surface area contributed by atoms with Crippen LogP contribution in [0.2, 0.25) is 0 Å². The van der Waals surface area contributed by atoms with Gasteiger partial charge in [-0.25, -0.2) is 8.42 Å². The first-order valence-corrected chi connectivity index (χ1v) is 8.16. The van der Waals surface area contributed by atoms with Crippen molar-refractivity contribution in [2.75, 3.05) is 4.72 Å². The smallest absolute Gasteiger partial charge is 0.253 e. The molecule has 8 heteroatoms. The van der Waals surface area contributed by atoms with Crippen LogP contribution in [-0.2, 0) is 22.9 Å². The summed E-state index contributed by atoms with van der Waals surface area (Å²) in [6.45, 7) is 1.92. The van der Waals surface area contributed by atoms with Crippen molar-refractivity contribution in [1.29, 1.82) is 5.26 Å². The molecule has 2 aromatic rings. The molecule has 0 aliphatic carbocycles. The van der Waals surface area contributed by atoms with Crippen molar-refractivity contribution in [2.24, 2.45) is 0 Å². The van der Waals surface area contributed by atoms with E-state index < -0.39 is 10.0 Å². The summed E-state index contributed by atoms with van der Waals surface area (Å²) < 4.78 is 26.7. The topological polar surface area (TPSA) is 95.7 Å². The van der Waals surface area contributed by atoms with E-state index in [-0.39, 0.29) is 16.4 Å². The van der Waals surface area contributed by atoms with Crippen LogP contribution >= 0.6 is 11.3 Å². The number of nitriles is 1. The lowest BCUT2D eigenvalue weighted by Gasteiger charge is -2.04. The highest BCUT2D eigenvalue weighted by Crippen LogP contribution is 2.20. The van der Waals surface area contributed by atoms with E-state index in [2.05, 4.69) is 14.9 Å². The summed E-state index contributed by atoms with van der Waals surface area (Å²) in [6, 6.07) is 8.19. The molecule has 0 saturated carbocycles. The molecule has 0 fully saturated rings. The molecule has 1 N–H and O–H groups in total. The fourth-order valence-electron chi connectivity index (χ4n) is 1.49. The van der Waals surface area contributed by atoms with E-state index in [0.29, 0.717) is 6.42 Å². The van der Waals surface area contributed by atoms with Gasteiger partial charge in [-0.15, -0.1) is 10.2 Å². The Morgan fingerprint density at radius 2 is 2.00 bits per heavy atom. The van der Waals surface area contributed by atoms with Gasteiger partial charge in [0.25, 0.3) is 10.0 Å². The maximum Gasteiger partial charge on any atom is 0.263 e. The standard InChI is InChI=1S/C12H12N4O2S2/c1-2-11-14-15-12(19-11)16-20(17,18)10-5-3-9(4-6-10)7-8-13/h3-6H,2,7H2,1H3,(H,15,16). The molecule has 1 aromatic carbocycles. The van der Waals surface area contributed by atoms with Gasteiger partial charge in [-0.05, 0) is 24.1 Å². The summed E-state index contributed by atoms with van der Waals surface area (Å²) in [5.41, 5.74) is 0.774. The quantitative estimate of drug-likeness (QED) is 0.911. The maximum absolute atomic E-state index is 12.1. The molecule has 1 aromatic heterocycles. The lowest BCUT2D eigenvalue weighted by molar-refractivity contribution is 0.601. The zero-order valence-electron chi connectivity index (χ0n) is 10.7. The number of hydrogen-bond acceptors (Lipinski definition) is 6. The summed E-state index contributed by atoms with van der Waals surface area (Å²) in [7, 11) is -3.66. The van der Waals surface area contributed by atoms with Gasteiger partial charge in [0, 0.05) is 0 Å². The molecular weight excluding hydrogens is 296 g/mol. The molecule has 0 spiro atoms. The third kappa shape index (κ3) is 3.31. The molecule has 0 radical (unpaired) electrons. The Labute approximate surface area is 121 Å². The van der Waals surface area contributed by atoms with Crippen LogP contribution in [0.15, 0.2) is 29.2 Å². The summed E-state index contributed by atoms with van der Waals surface area (Å²) >= 11 is 1.21. The first kappa shape index (κ1) is 14.4. The Bertz CT molecular complexity index is 730. The molecule has 0 bridgehead atoms. The predicted octanol–water partition coefficient (Wildman–Crippen LogP) is 1.97. The average molecular weight is 308 g/mol. The van der Waals surface area contributed by atoms with Gasteiger partial charge in [0.1, 0.15) is 5.01 Å². The van der Waals surface area contributed by atoms with E-state index in [1.165, 1.54) is 23.5 Å². The molecule has 20 heavy (non-hydrogen) atoms. The van der Waals surface area contributed by atoms with Gasteiger partial charge in [-0.3, -0.25) is 4.72 Å². The van der Waals surface area contributed by atoms with Gasteiger partial charge in [0.05, 0.1) is 17.4 Å². The predicted molar refractivity (Wildman–Crippen MR) is 75.9 cm³/mol. The van der Waals surface area contributed by atoms with E-state index in [0.717, 1.165) is 10.6 Å². The van der Waals surface area contributed by atoms with Crippen molar-refractivity contribution in [2.45, 2.75) is 24.7 Å². The van der Waals surface area contributed by atoms with Gasteiger partial charge in [-0.1, -0.05) is 30.4 Å². The second-order valence-corrected chi connectivity index (χ2v) is 6.68. The molecule has 0 saturated heterocycles. The average Bonchev–Trinajstić information content (AvgIpc) is 2.87. The molecule has 6 nitrogen and oxygen atoms in total. The van der Waals surface area contributed by atoms with Crippen LogP contribution in [0.3, 0.4) is 0 Å². The minimum atomic E-state index is -3.66. The SMILES string of the molecule is CCc1nnc(NS(=O)(=O)c2ccc(CC#N)cc2)s1. The Kier molecular flexibility index (Phi) is 4.32. The molecule has 0 unspecified atom stereocenters. The number of anilines is 1. The Morgan fingerprint density at radius 1 is 1.30 bits per heavy atom. The molecule has 0 aliphatic heterocycles. The van der Waals surface area contributed by atoms with E-state index in [9.17, 15) is 8.42 Å². The van der Waals surface area contributed by atoms with Crippen LogP contribution in [0.1, 0.15) is 17.5 Å². The van der Waals surface area contributed by atoms with Crippen LogP contribution in [0.4, 0.5) is 5.13 Å². The first-order chi connectivity index (χ1) is 9.55. The van der Waals surface area contributed by atoms with Crippen molar-refractivity contribution in [3.8, 4) is 6.07 Å². The number of nitrogens with one attached hydrogen (secondary N) is 1. The van der Waals surface area contributed by atoms with Crippen molar-refractivity contribution >= 4 is 26.5 Å². The summed E-state index contributed by atoms with van der Waals surface area (Å²) in [5, 5.41) is 17.2. The van der Waals surface area contributed by atoms with E-state index >= 15 is 0 Å². The van der Waals surface area contributed by atoms with Gasteiger partial charge < -0.3 is 0 Å². The van der Waals surface area contributed by atoms with Crippen molar-refractivity contribution in [3.63, 3.8) is 0 Å². The Morgan fingerprint density at radius 3 is 2.55 bits per heavy atom. The van der Waals surface area contributed by atoms with E-state index in [4.69, 9.17) is 5.26 Å². The number of rotatable bonds is 5. The van der Waals surface area contributed by atoms with Gasteiger partial charge >= 0.3 is 0 Å². The van der Waals surface area contributed by atoms with Crippen LogP contribution in [0.5, 0.6) is 0 Å². The monoisotopic (exact) mass is 308 g/mol. The normalized spacial score (nSPS) is 11.0.